The van der Waals surface area contributed by atoms with Crippen LogP contribution in [0.1, 0.15) is 32.3 Å². The van der Waals surface area contributed by atoms with Crippen LogP contribution in [0.25, 0.3) is 0 Å². The highest BCUT2D eigenvalue weighted by Crippen LogP contribution is 2.29. The van der Waals surface area contributed by atoms with Crippen LogP contribution in [0.5, 0.6) is 0 Å². The van der Waals surface area contributed by atoms with Gasteiger partial charge in [-0.25, -0.2) is 8.42 Å². The van der Waals surface area contributed by atoms with Gasteiger partial charge in [-0.05, 0) is 60.9 Å². The largest absolute Gasteiger partial charge is 0.350 e. The molecule has 0 fully saturated rings. The summed E-state index contributed by atoms with van der Waals surface area (Å²) < 4.78 is 26.7. The maximum absolute atomic E-state index is 13.4. The van der Waals surface area contributed by atoms with Gasteiger partial charge in [-0.3, -0.25) is 14.8 Å². The molecule has 0 saturated heterocycles. The number of carbonyl (C=O) groups excluding carboxylic acids is 1. The number of nitrogens with zero attached hydrogens (tertiary/aromatic N) is 2. The number of aryl methyl sites for hydroxylation is 2. The topological polar surface area (TPSA) is 89.0 Å². The predicted octanol–water partition coefficient (Wildman–Crippen LogP) is 3.04. The zero-order chi connectivity index (χ0) is 20.1. The van der Waals surface area contributed by atoms with Gasteiger partial charge in [0.1, 0.15) is 5.25 Å². The molecule has 3 rings (SSSR count). The third-order valence-electron chi connectivity index (χ3n) is 4.63. The second-order valence-corrected chi connectivity index (χ2v) is 8.64. The Morgan fingerprint density at radius 2 is 1.75 bits per heavy atom. The van der Waals surface area contributed by atoms with Crippen molar-refractivity contribution in [2.45, 2.75) is 24.0 Å². The Morgan fingerprint density at radius 3 is 2.39 bits per heavy atom. The van der Waals surface area contributed by atoms with Gasteiger partial charge in [0.25, 0.3) is 5.91 Å². The van der Waals surface area contributed by atoms with Crippen LogP contribution in [0.4, 0.5) is 0 Å². The lowest BCUT2D eigenvalue weighted by atomic mass is 10.1. The van der Waals surface area contributed by atoms with Gasteiger partial charge in [0.05, 0.1) is 4.90 Å². The molecule has 1 N–H and O–H groups in total. The lowest BCUT2D eigenvalue weighted by Crippen LogP contribution is -2.32. The van der Waals surface area contributed by atoms with Gasteiger partial charge >= 0.3 is 0 Å². The fourth-order valence-corrected chi connectivity index (χ4v) is 4.55. The Balaban J connectivity index is 1.93. The zero-order valence-electron chi connectivity index (χ0n) is 15.7. The molecule has 0 aliphatic heterocycles. The fraction of sp³-hybridized carbons (Fsp3) is 0.190. The van der Waals surface area contributed by atoms with Gasteiger partial charge in [0, 0.05) is 36.9 Å². The van der Waals surface area contributed by atoms with Gasteiger partial charge in [0.15, 0.2) is 9.84 Å². The van der Waals surface area contributed by atoms with Crippen molar-refractivity contribution in [3.05, 3.63) is 89.5 Å². The molecule has 3 aromatic rings. The predicted molar refractivity (Wildman–Crippen MR) is 107 cm³/mol. The number of nitrogens with one attached hydrogen (secondary N) is 1. The lowest BCUT2D eigenvalue weighted by molar-refractivity contribution is 0.0953. The minimum absolute atomic E-state index is 0.0674. The van der Waals surface area contributed by atoms with Crippen LogP contribution in [-0.4, -0.2) is 30.8 Å². The number of hydrogen-bond donors (Lipinski definition) is 1. The number of rotatable bonds is 6. The van der Waals surface area contributed by atoms with Crippen molar-refractivity contribution in [1.82, 2.24) is 15.3 Å². The summed E-state index contributed by atoms with van der Waals surface area (Å²) in [6.07, 6.45) is 6.12. The number of pyridine rings is 2. The average molecular weight is 395 g/mol. The van der Waals surface area contributed by atoms with Crippen LogP contribution < -0.4 is 5.32 Å². The van der Waals surface area contributed by atoms with Gasteiger partial charge in [-0.2, -0.15) is 0 Å². The molecule has 6 nitrogen and oxygen atoms in total. The Kier molecular flexibility index (Phi) is 5.84. The first kappa shape index (κ1) is 19.7. The molecule has 0 unspecified atom stereocenters. The number of benzene rings is 1. The second kappa shape index (κ2) is 8.31. The van der Waals surface area contributed by atoms with E-state index < -0.39 is 15.1 Å². The molecular weight excluding hydrogens is 374 g/mol. The van der Waals surface area contributed by atoms with E-state index in [-0.39, 0.29) is 17.3 Å². The summed E-state index contributed by atoms with van der Waals surface area (Å²) in [5.41, 5.74) is 2.86. The number of aromatic nitrogens is 2. The molecule has 1 atom stereocenters. The number of hydrogen-bond acceptors (Lipinski definition) is 5. The van der Waals surface area contributed by atoms with Crippen LogP contribution in [0.3, 0.4) is 0 Å². The van der Waals surface area contributed by atoms with Crippen LogP contribution >= 0.6 is 0 Å². The lowest BCUT2D eigenvalue weighted by Gasteiger charge is -2.19. The van der Waals surface area contributed by atoms with E-state index in [0.29, 0.717) is 11.1 Å². The molecule has 0 saturated carbocycles. The van der Waals surface area contributed by atoms with Crippen molar-refractivity contribution in [2.75, 3.05) is 6.54 Å². The normalized spacial score (nSPS) is 12.4. The van der Waals surface area contributed by atoms with Gasteiger partial charge in [-0.1, -0.05) is 12.1 Å². The fourth-order valence-electron chi connectivity index (χ4n) is 2.82. The summed E-state index contributed by atoms with van der Waals surface area (Å²) in [6, 6.07) is 11.6. The van der Waals surface area contributed by atoms with E-state index in [1.165, 1.54) is 18.6 Å². The van der Waals surface area contributed by atoms with Crippen molar-refractivity contribution in [3.8, 4) is 0 Å². The van der Waals surface area contributed by atoms with Gasteiger partial charge < -0.3 is 5.32 Å². The molecule has 2 aromatic heterocycles. The molecule has 144 valence electrons. The maximum atomic E-state index is 13.4. The van der Waals surface area contributed by atoms with Crippen molar-refractivity contribution >= 4 is 15.7 Å². The van der Waals surface area contributed by atoms with Crippen molar-refractivity contribution in [2.24, 2.45) is 0 Å². The Labute approximate surface area is 164 Å². The maximum Gasteiger partial charge on any atom is 0.251 e. The van der Waals surface area contributed by atoms with Gasteiger partial charge in [-0.15, -0.1) is 0 Å². The average Bonchev–Trinajstić information content (AvgIpc) is 2.71. The summed E-state index contributed by atoms with van der Waals surface area (Å²) in [6.45, 7) is 3.74. The molecule has 2 heterocycles. The van der Waals surface area contributed by atoms with E-state index in [4.69, 9.17) is 0 Å². The zero-order valence-corrected chi connectivity index (χ0v) is 16.5. The van der Waals surface area contributed by atoms with Crippen LogP contribution in [0, 0.1) is 13.8 Å². The molecule has 0 radical (unpaired) electrons. The molecule has 7 heteroatoms. The first-order valence-electron chi connectivity index (χ1n) is 8.79. The van der Waals surface area contributed by atoms with Crippen LogP contribution in [0.2, 0.25) is 0 Å². The standard InChI is InChI=1S/C21H21N3O3S/c1-15-5-6-19(12-16(15)2)28(26,27)20(18-4-3-9-23-13-18)14-24-21(25)17-7-10-22-11-8-17/h3-13,20H,14H2,1-2H3,(H,24,25)/t20-/m1/s1. The first-order chi connectivity index (χ1) is 13.4. The van der Waals surface area contributed by atoms with Crippen LogP contribution in [-0.2, 0) is 9.84 Å². The minimum atomic E-state index is -3.74. The Morgan fingerprint density at radius 1 is 1.00 bits per heavy atom. The summed E-state index contributed by atoms with van der Waals surface area (Å²) in [5, 5.41) is 1.78. The quantitative estimate of drug-likeness (QED) is 0.693. The minimum Gasteiger partial charge on any atom is -0.350 e. The van der Waals surface area contributed by atoms with Crippen molar-refractivity contribution in [1.29, 1.82) is 0 Å². The van der Waals surface area contributed by atoms with E-state index in [0.717, 1.165) is 11.1 Å². The van der Waals surface area contributed by atoms with E-state index in [1.807, 2.05) is 13.8 Å². The Hall–Kier alpha value is -3.06. The van der Waals surface area contributed by atoms with Crippen molar-refractivity contribution in [3.63, 3.8) is 0 Å². The summed E-state index contributed by atoms with van der Waals surface area (Å²) in [4.78, 5) is 20.5. The number of sulfone groups is 1. The molecule has 28 heavy (non-hydrogen) atoms. The van der Waals surface area contributed by atoms with E-state index in [9.17, 15) is 13.2 Å². The molecule has 0 spiro atoms. The summed E-state index contributed by atoms with van der Waals surface area (Å²) >= 11 is 0. The smallest absolute Gasteiger partial charge is 0.251 e. The third kappa shape index (κ3) is 4.26. The highest BCUT2D eigenvalue weighted by atomic mass is 32.2. The molecular formula is C21H21N3O3S. The van der Waals surface area contributed by atoms with Crippen LogP contribution in [0.15, 0.2) is 72.1 Å². The summed E-state index contributed by atoms with van der Waals surface area (Å²) in [7, 11) is -3.74. The third-order valence-corrected chi connectivity index (χ3v) is 6.73. The van der Waals surface area contributed by atoms with Crippen molar-refractivity contribution < 1.29 is 13.2 Å². The molecule has 0 bridgehead atoms. The highest BCUT2D eigenvalue weighted by Gasteiger charge is 2.30. The first-order valence-corrected chi connectivity index (χ1v) is 10.3. The molecule has 0 aliphatic rings. The van der Waals surface area contributed by atoms with E-state index >= 15 is 0 Å². The SMILES string of the molecule is Cc1ccc(S(=O)(=O)[C@H](CNC(=O)c2ccncc2)c2cccnc2)cc1C. The van der Waals surface area contributed by atoms with E-state index in [2.05, 4.69) is 15.3 Å². The Bertz CT molecular complexity index is 1070. The second-order valence-electron chi connectivity index (χ2n) is 6.51. The molecule has 0 aliphatic carbocycles. The molecule has 1 amide bonds. The van der Waals surface area contributed by atoms with E-state index in [1.54, 1.807) is 48.7 Å². The highest BCUT2D eigenvalue weighted by molar-refractivity contribution is 7.91. The molecule has 1 aromatic carbocycles. The monoisotopic (exact) mass is 395 g/mol. The van der Waals surface area contributed by atoms with Gasteiger partial charge in [0.2, 0.25) is 0 Å². The number of amides is 1. The summed E-state index contributed by atoms with van der Waals surface area (Å²) in [5.74, 6) is -0.355. The number of carbonyl (C=O) groups is 1.